The molecular weight excluding hydrogens is 216 g/mol. The molecule has 1 aromatic carbocycles. The van der Waals surface area contributed by atoms with E-state index in [0.29, 0.717) is 18.1 Å². The molecule has 0 bridgehead atoms. The molecule has 0 aliphatic carbocycles. The average Bonchev–Trinajstić information content (AvgIpc) is 2.27. The molecule has 1 N–H and O–H groups in total. The third-order valence-corrected chi connectivity index (χ3v) is 2.16. The molecule has 0 fully saturated rings. The molecule has 15 heavy (non-hydrogen) atoms. The lowest BCUT2D eigenvalue weighted by molar-refractivity contribution is 0.105. The van der Waals surface area contributed by atoms with E-state index in [1.54, 1.807) is 19.2 Å². The highest BCUT2D eigenvalue weighted by Crippen LogP contribution is 2.17. The lowest BCUT2D eigenvalue weighted by Gasteiger charge is -2.11. The van der Waals surface area contributed by atoms with E-state index >= 15 is 0 Å². The van der Waals surface area contributed by atoms with Gasteiger partial charge in [-0.3, -0.25) is 0 Å². The van der Waals surface area contributed by atoms with E-state index in [4.69, 9.17) is 21.1 Å². The van der Waals surface area contributed by atoms with Crippen molar-refractivity contribution < 1.29 is 14.6 Å². The summed E-state index contributed by atoms with van der Waals surface area (Å²) in [6.45, 7) is 0.263. The number of ether oxygens (including phenoxy) is 2. The van der Waals surface area contributed by atoms with Crippen LogP contribution in [0, 0.1) is 0 Å². The Hall–Kier alpha value is -0.930. The number of alkyl halides is 1. The highest BCUT2D eigenvalue weighted by molar-refractivity contribution is 6.17. The fraction of sp³-hybridized carbons (Fsp3) is 0.455. The van der Waals surface area contributed by atoms with E-state index in [1.807, 2.05) is 12.1 Å². The number of halogens is 1. The van der Waals surface area contributed by atoms with Gasteiger partial charge in [-0.1, -0.05) is 0 Å². The van der Waals surface area contributed by atoms with Crippen LogP contribution in [-0.2, 0) is 0 Å². The van der Waals surface area contributed by atoms with Gasteiger partial charge in [0.1, 0.15) is 18.1 Å². The quantitative estimate of drug-likeness (QED) is 0.761. The number of methoxy groups -OCH3 is 1. The number of hydrogen-bond donors (Lipinski definition) is 1. The smallest absolute Gasteiger partial charge is 0.119 e. The van der Waals surface area contributed by atoms with E-state index in [1.165, 1.54) is 0 Å². The van der Waals surface area contributed by atoms with Gasteiger partial charge < -0.3 is 14.6 Å². The molecule has 1 rings (SSSR count). The van der Waals surface area contributed by atoms with Crippen LogP contribution in [0.25, 0.3) is 0 Å². The van der Waals surface area contributed by atoms with Gasteiger partial charge in [0, 0.05) is 5.88 Å². The van der Waals surface area contributed by atoms with E-state index in [2.05, 4.69) is 0 Å². The first-order valence-electron chi connectivity index (χ1n) is 4.77. The maximum atomic E-state index is 9.38. The molecular formula is C11H15ClO3. The van der Waals surface area contributed by atoms with Gasteiger partial charge in [-0.2, -0.15) is 0 Å². The number of rotatable bonds is 6. The summed E-state index contributed by atoms with van der Waals surface area (Å²) in [5, 5.41) is 9.38. The Kier molecular flexibility index (Phi) is 5.29. The Morgan fingerprint density at radius 2 is 1.87 bits per heavy atom. The summed E-state index contributed by atoms with van der Waals surface area (Å²) < 4.78 is 10.4. The second-order valence-corrected chi connectivity index (χ2v) is 3.50. The number of aliphatic hydroxyl groups excluding tert-OH is 1. The van der Waals surface area contributed by atoms with Crippen LogP contribution >= 0.6 is 11.6 Å². The zero-order chi connectivity index (χ0) is 11.1. The first-order valence-corrected chi connectivity index (χ1v) is 5.30. The number of aliphatic hydroxyl groups is 1. The fourth-order valence-corrected chi connectivity index (χ4v) is 1.33. The molecule has 0 saturated carbocycles. The predicted molar refractivity (Wildman–Crippen MR) is 59.8 cm³/mol. The molecule has 0 aliphatic rings. The summed E-state index contributed by atoms with van der Waals surface area (Å²) in [6.07, 6.45) is 0.0298. The van der Waals surface area contributed by atoms with Crippen molar-refractivity contribution in [1.82, 2.24) is 0 Å². The van der Waals surface area contributed by atoms with Crippen molar-refractivity contribution in [2.24, 2.45) is 0 Å². The van der Waals surface area contributed by atoms with Gasteiger partial charge in [-0.25, -0.2) is 0 Å². The molecule has 0 aliphatic heterocycles. The Bertz CT molecular complexity index is 274. The van der Waals surface area contributed by atoms with Crippen molar-refractivity contribution in [3.05, 3.63) is 24.3 Å². The summed E-state index contributed by atoms with van der Waals surface area (Å²) >= 11 is 5.49. The molecule has 4 heteroatoms. The zero-order valence-electron chi connectivity index (χ0n) is 8.65. The van der Waals surface area contributed by atoms with Gasteiger partial charge in [0.25, 0.3) is 0 Å². The summed E-state index contributed by atoms with van der Waals surface area (Å²) in [4.78, 5) is 0. The molecule has 3 nitrogen and oxygen atoms in total. The van der Waals surface area contributed by atoms with E-state index in [9.17, 15) is 5.11 Å². The van der Waals surface area contributed by atoms with Crippen LogP contribution in [0.3, 0.4) is 0 Å². The van der Waals surface area contributed by atoms with Gasteiger partial charge in [0.05, 0.1) is 13.2 Å². The van der Waals surface area contributed by atoms with Crippen LogP contribution in [0.1, 0.15) is 6.42 Å². The standard InChI is InChI=1S/C11H15ClO3/c1-14-10-2-4-11(5-3-10)15-8-9(13)6-7-12/h2-5,9,13H,6-8H2,1H3. The minimum atomic E-state index is -0.510. The number of benzene rings is 1. The molecule has 1 atom stereocenters. The van der Waals surface area contributed by atoms with Gasteiger partial charge >= 0.3 is 0 Å². The second-order valence-electron chi connectivity index (χ2n) is 3.12. The normalized spacial score (nSPS) is 12.2. The zero-order valence-corrected chi connectivity index (χ0v) is 9.41. The van der Waals surface area contributed by atoms with Gasteiger partial charge in [0.15, 0.2) is 0 Å². The monoisotopic (exact) mass is 230 g/mol. The van der Waals surface area contributed by atoms with E-state index in [-0.39, 0.29) is 6.61 Å². The van der Waals surface area contributed by atoms with Crippen LogP contribution in [-0.4, -0.2) is 30.8 Å². The molecule has 84 valence electrons. The van der Waals surface area contributed by atoms with Crippen molar-refractivity contribution in [3.63, 3.8) is 0 Å². The van der Waals surface area contributed by atoms with Crippen LogP contribution < -0.4 is 9.47 Å². The Balaban J connectivity index is 2.37. The van der Waals surface area contributed by atoms with Crippen LogP contribution in [0.2, 0.25) is 0 Å². The Morgan fingerprint density at radius 3 is 2.40 bits per heavy atom. The number of hydrogen-bond acceptors (Lipinski definition) is 3. The molecule has 0 heterocycles. The van der Waals surface area contributed by atoms with Crippen molar-refractivity contribution in [2.75, 3.05) is 19.6 Å². The average molecular weight is 231 g/mol. The summed E-state index contributed by atoms with van der Waals surface area (Å²) in [7, 11) is 1.61. The van der Waals surface area contributed by atoms with Gasteiger partial charge in [-0.05, 0) is 30.7 Å². The lowest BCUT2D eigenvalue weighted by atomic mass is 10.3. The Morgan fingerprint density at radius 1 is 1.27 bits per heavy atom. The van der Waals surface area contributed by atoms with E-state index < -0.39 is 6.10 Å². The lowest BCUT2D eigenvalue weighted by Crippen LogP contribution is -2.17. The molecule has 0 aromatic heterocycles. The summed E-state index contributed by atoms with van der Waals surface area (Å²) in [6, 6.07) is 7.21. The highest BCUT2D eigenvalue weighted by Gasteiger charge is 2.04. The predicted octanol–water partition coefficient (Wildman–Crippen LogP) is 2.06. The molecule has 1 unspecified atom stereocenters. The minimum Gasteiger partial charge on any atom is -0.497 e. The van der Waals surface area contributed by atoms with Crippen molar-refractivity contribution in [2.45, 2.75) is 12.5 Å². The topological polar surface area (TPSA) is 38.7 Å². The fourth-order valence-electron chi connectivity index (χ4n) is 1.07. The molecule has 0 radical (unpaired) electrons. The van der Waals surface area contributed by atoms with Crippen molar-refractivity contribution in [3.8, 4) is 11.5 Å². The molecule has 0 spiro atoms. The van der Waals surface area contributed by atoms with Crippen LogP contribution in [0.5, 0.6) is 11.5 Å². The van der Waals surface area contributed by atoms with Crippen LogP contribution in [0.4, 0.5) is 0 Å². The Labute approximate surface area is 94.6 Å². The molecule has 0 amide bonds. The maximum Gasteiger partial charge on any atom is 0.119 e. The van der Waals surface area contributed by atoms with Crippen molar-refractivity contribution in [1.29, 1.82) is 0 Å². The first kappa shape index (κ1) is 12.1. The highest BCUT2D eigenvalue weighted by atomic mass is 35.5. The minimum absolute atomic E-state index is 0.263. The third kappa shape index (κ3) is 4.40. The largest absolute Gasteiger partial charge is 0.497 e. The second kappa shape index (κ2) is 6.53. The SMILES string of the molecule is COc1ccc(OCC(O)CCCl)cc1. The maximum absolute atomic E-state index is 9.38. The third-order valence-electron chi connectivity index (χ3n) is 1.94. The summed E-state index contributed by atoms with van der Waals surface area (Å²) in [5.41, 5.74) is 0. The molecule has 0 saturated heterocycles. The van der Waals surface area contributed by atoms with Gasteiger partial charge in [0.2, 0.25) is 0 Å². The van der Waals surface area contributed by atoms with Crippen molar-refractivity contribution >= 4 is 11.6 Å². The van der Waals surface area contributed by atoms with E-state index in [0.717, 1.165) is 5.75 Å². The molecule has 1 aromatic rings. The van der Waals surface area contributed by atoms with Crippen LogP contribution in [0.15, 0.2) is 24.3 Å². The summed E-state index contributed by atoms with van der Waals surface area (Å²) in [5.74, 6) is 1.93. The first-order chi connectivity index (χ1) is 7.26. The van der Waals surface area contributed by atoms with Gasteiger partial charge in [-0.15, -0.1) is 11.6 Å².